The Balaban J connectivity index is 1.48. The smallest absolute Gasteiger partial charge is 0.0230 e. The zero-order chi connectivity index (χ0) is 19.5. The van der Waals surface area contributed by atoms with Gasteiger partial charge in [0.2, 0.25) is 0 Å². The molecule has 3 atom stereocenters. The summed E-state index contributed by atoms with van der Waals surface area (Å²) >= 11 is 0. The third-order valence-electron chi connectivity index (χ3n) is 6.62. The Labute approximate surface area is 170 Å². The topological polar surface area (TPSA) is 3.24 Å². The molecule has 0 aliphatic heterocycles. The molecule has 0 heterocycles. The van der Waals surface area contributed by atoms with Gasteiger partial charge in [-0.1, -0.05) is 92.7 Å². The first-order chi connectivity index (χ1) is 13.6. The molecule has 0 saturated heterocycles. The van der Waals surface area contributed by atoms with E-state index in [0.717, 1.165) is 13.1 Å². The van der Waals surface area contributed by atoms with Crippen LogP contribution in [-0.4, -0.2) is 18.5 Å². The zero-order valence-electron chi connectivity index (χ0n) is 17.3. The van der Waals surface area contributed by atoms with Gasteiger partial charge in [0.15, 0.2) is 0 Å². The van der Waals surface area contributed by atoms with Crippen LogP contribution in [0.2, 0.25) is 0 Å². The Morgan fingerprint density at radius 2 is 1.43 bits per heavy atom. The number of rotatable bonds is 6. The maximum atomic E-state index is 2.46. The maximum absolute atomic E-state index is 2.46. The lowest BCUT2D eigenvalue weighted by molar-refractivity contribution is 0.292. The van der Waals surface area contributed by atoms with Crippen LogP contribution in [-0.2, 0) is 6.54 Å². The van der Waals surface area contributed by atoms with Crippen molar-refractivity contribution in [3.63, 3.8) is 0 Å². The first kappa shape index (κ1) is 19.0. The molecule has 1 nitrogen and oxygen atoms in total. The third-order valence-corrected chi connectivity index (χ3v) is 6.62. The van der Waals surface area contributed by atoms with Crippen LogP contribution in [0.3, 0.4) is 0 Å². The molecule has 144 valence electrons. The molecule has 0 aromatic heterocycles. The van der Waals surface area contributed by atoms with Crippen LogP contribution in [0.4, 0.5) is 0 Å². The monoisotopic (exact) mass is 369 g/mol. The summed E-state index contributed by atoms with van der Waals surface area (Å²) in [4.78, 5) is 2.46. The number of fused-ring (bicyclic) bond motifs is 1. The van der Waals surface area contributed by atoms with Gasteiger partial charge >= 0.3 is 0 Å². The van der Waals surface area contributed by atoms with Crippen molar-refractivity contribution >= 4 is 0 Å². The van der Waals surface area contributed by atoms with E-state index < -0.39 is 0 Å². The van der Waals surface area contributed by atoms with Gasteiger partial charge < -0.3 is 4.90 Å². The third kappa shape index (κ3) is 3.91. The van der Waals surface area contributed by atoms with E-state index in [1.54, 1.807) is 11.1 Å². The average molecular weight is 370 g/mol. The normalized spacial score (nSPS) is 21.1. The predicted molar refractivity (Wildman–Crippen MR) is 120 cm³/mol. The molecule has 0 radical (unpaired) electrons. The van der Waals surface area contributed by atoms with Crippen molar-refractivity contribution in [1.29, 1.82) is 0 Å². The quantitative estimate of drug-likeness (QED) is 0.466. The summed E-state index contributed by atoms with van der Waals surface area (Å²) in [5.41, 5.74) is 7.19. The second kappa shape index (κ2) is 8.32. The summed E-state index contributed by atoms with van der Waals surface area (Å²) in [6, 6.07) is 28.7. The molecule has 0 N–H and O–H groups in total. The minimum atomic E-state index is 0.628. The van der Waals surface area contributed by atoms with Gasteiger partial charge in [-0.3, -0.25) is 0 Å². The fourth-order valence-corrected chi connectivity index (χ4v) is 4.78. The van der Waals surface area contributed by atoms with Gasteiger partial charge in [-0.25, -0.2) is 0 Å². The molecular weight excluding hydrogens is 338 g/mol. The maximum Gasteiger partial charge on any atom is 0.0230 e. The van der Waals surface area contributed by atoms with Gasteiger partial charge in [0.1, 0.15) is 0 Å². The molecule has 2 unspecified atom stereocenters. The van der Waals surface area contributed by atoms with E-state index in [4.69, 9.17) is 0 Å². The van der Waals surface area contributed by atoms with Crippen molar-refractivity contribution in [2.45, 2.75) is 38.6 Å². The van der Waals surface area contributed by atoms with E-state index in [0.29, 0.717) is 17.8 Å². The highest BCUT2D eigenvalue weighted by molar-refractivity contribution is 5.66. The van der Waals surface area contributed by atoms with Gasteiger partial charge in [-0.05, 0) is 65.6 Å². The first-order valence-electron chi connectivity index (χ1n) is 10.5. The molecule has 1 heteroatoms. The molecule has 0 fully saturated rings. The van der Waals surface area contributed by atoms with Gasteiger partial charge in [-0.15, -0.1) is 0 Å². The Hall–Kier alpha value is -2.38. The zero-order valence-corrected chi connectivity index (χ0v) is 17.3. The second-order valence-electron chi connectivity index (χ2n) is 8.48. The van der Waals surface area contributed by atoms with Crippen molar-refractivity contribution in [3.05, 3.63) is 95.6 Å². The van der Waals surface area contributed by atoms with Crippen LogP contribution < -0.4 is 0 Å². The van der Waals surface area contributed by atoms with E-state index in [9.17, 15) is 0 Å². The van der Waals surface area contributed by atoms with Crippen molar-refractivity contribution in [2.24, 2.45) is 5.92 Å². The molecule has 0 spiro atoms. The molecule has 4 rings (SSSR count). The summed E-state index contributed by atoms with van der Waals surface area (Å²) < 4.78 is 0. The number of hydrogen-bond acceptors (Lipinski definition) is 1. The standard InChI is InChI=1S/C27H31N/c1-20-21(2)27-18-24(23-12-8-5-9-13-23)14-15-26(27)25(20)16-17-28(3)19-22-10-6-4-7-11-22/h4-15,18,20-21,25H,16-17,19H2,1-3H3/t20-,21?,25?/m1/s1. The van der Waals surface area contributed by atoms with Crippen molar-refractivity contribution in [2.75, 3.05) is 13.6 Å². The summed E-state index contributed by atoms with van der Waals surface area (Å²) in [7, 11) is 2.25. The molecule has 1 aliphatic carbocycles. The van der Waals surface area contributed by atoms with E-state index in [-0.39, 0.29) is 0 Å². The fourth-order valence-electron chi connectivity index (χ4n) is 4.78. The van der Waals surface area contributed by atoms with Gasteiger partial charge in [-0.2, -0.15) is 0 Å². The average Bonchev–Trinajstić information content (AvgIpc) is 2.97. The van der Waals surface area contributed by atoms with Crippen LogP contribution in [0.5, 0.6) is 0 Å². The SMILES string of the molecule is CC1c2cc(-c3ccccc3)ccc2C(CCN(C)Cc2ccccc2)[C@@H]1C. The summed E-state index contributed by atoms with van der Waals surface area (Å²) in [5, 5.41) is 0. The predicted octanol–water partition coefficient (Wildman–Crippen LogP) is 6.71. The van der Waals surface area contributed by atoms with E-state index in [1.807, 2.05) is 0 Å². The molecule has 0 amide bonds. The van der Waals surface area contributed by atoms with E-state index in [1.165, 1.54) is 23.1 Å². The first-order valence-corrected chi connectivity index (χ1v) is 10.5. The Kier molecular flexibility index (Phi) is 5.64. The minimum absolute atomic E-state index is 0.628. The van der Waals surface area contributed by atoms with E-state index in [2.05, 4.69) is 105 Å². The highest BCUT2D eigenvalue weighted by Crippen LogP contribution is 2.48. The van der Waals surface area contributed by atoms with Crippen LogP contribution in [0.25, 0.3) is 11.1 Å². The van der Waals surface area contributed by atoms with Gasteiger partial charge in [0.25, 0.3) is 0 Å². The lowest BCUT2D eigenvalue weighted by atomic mass is 9.87. The molecule has 1 aliphatic rings. The lowest BCUT2D eigenvalue weighted by Gasteiger charge is -2.23. The molecule has 3 aromatic carbocycles. The van der Waals surface area contributed by atoms with Gasteiger partial charge in [0.05, 0.1) is 0 Å². The van der Waals surface area contributed by atoms with Crippen molar-refractivity contribution in [1.82, 2.24) is 4.90 Å². The minimum Gasteiger partial charge on any atom is -0.302 e. The van der Waals surface area contributed by atoms with Crippen molar-refractivity contribution in [3.8, 4) is 11.1 Å². The molecular formula is C27H31N. The number of nitrogens with zero attached hydrogens (tertiary/aromatic N) is 1. The van der Waals surface area contributed by atoms with Gasteiger partial charge in [0, 0.05) is 6.54 Å². The molecule has 0 bridgehead atoms. The molecule has 28 heavy (non-hydrogen) atoms. The Bertz CT molecular complexity index is 900. The lowest BCUT2D eigenvalue weighted by Crippen LogP contribution is -2.22. The van der Waals surface area contributed by atoms with Crippen molar-refractivity contribution < 1.29 is 0 Å². The van der Waals surface area contributed by atoms with Crippen LogP contribution in [0.15, 0.2) is 78.9 Å². The number of benzene rings is 3. The number of hydrogen-bond donors (Lipinski definition) is 0. The molecule has 3 aromatic rings. The molecule has 0 saturated carbocycles. The summed E-state index contributed by atoms with van der Waals surface area (Å²) in [6.45, 7) is 7.01. The van der Waals surface area contributed by atoms with Crippen LogP contribution in [0, 0.1) is 5.92 Å². The second-order valence-corrected chi connectivity index (χ2v) is 8.48. The highest BCUT2D eigenvalue weighted by Gasteiger charge is 2.35. The summed E-state index contributed by atoms with van der Waals surface area (Å²) in [5.74, 6) is 1.99. The Morgan fingerprint density at radius 1 is 0.750 bits per heavy atom. The highest BCUT2D eigenvalue weighted by atomic mass is 15.1. The fraction of sp³-hybridized carbons (Fsp3) is 0.333. The van der Waals surface area contributed by atoms with E-state index >= 15 is 0 Å². The van der Waals surface area contributed by atoms with Crippen LogP contribution in [0.1, 0.15) is 48.8 Å². The summed E-state index contributed by atoms with van der Waals surface area (Å²) in [6.07, 6.45) is 1.23. The Morgan fingerprint density at radius 3 is 2.14 bits per heavy atom. The largest absolute Gasteiger partial charge is 0.302 e. The van der Waals surface area contributed by atoms with Crippen LogP contribution >= 0.6 is 0 Å².